The second-order valence-corrected chi connectivity index (χ2v) is 7.76. The molecule has 0 amide bonds. The van der Waals surface area contributed by atoms with E-state index in [-0.39, 0.29) is 53.0 Å². The Balaban J connectivity index is 0.00000338. The molecule has 2 rings (SSSR count). The molecule has 7 nitrogen and oxygen atoms in total. The number of rotatable bonds is 6. The van der Waals surface area contributed by atoms with Crippen LogP contribution in [0, 0.1) is 0 Å². The average Bonchev–Trinajstić information content (AvgIpc) is 2.89. The zero-order chi connectivity index (χ0) is 18.4. The molecule has 1 fully saturated rings. The van der Waals surface area contributed by atoms with Crippen molar-refractivity contribution in [3.8, 4) is 11.5 Å². The van der Waals surface area contributed by atoms with E-state index in [1.807, 2.05) is 0 Å². The number of nitrogens with zero attached hydrogens (tertiary/aromatic N) is 1. The summed E-state index contributed by atoms with van der Waals surface area (Å²) in [6.07, 6.45) is 0.526. The maximum atomic E-state index is 12.5. The van der Waals surface area contributed by atoms with Gasteiger partial charge in [0.15, 0.2) is 27.3 Å². The van der Waals surface area contributed by atoms with Gasteiger partial charge in [0.25, 0.3) is 0 Å². The van der Waals surface area contributed by atoms with E-state index in [0.717, 1.165) is 0 Å². The first-order valence-corrected chi connectivity index (χ1v) is 9.44. The van der Waals surface area contributed by atoms with Crippen molar-refractivity contribution in [3.63, 3.8) is 0 Å². The van der Waals surface area contributed by atoms with Crippen molar-refractivity contribution in [1.29, 1.82) is 0 Å². The number of hydrogen-bond donors (Lipinski definition) is 2. The molecule has 0 bridgehead atoms. The fourth-order valence-electron chi connectivity index (χ4n) is 2.50. The largest absolute Gasteiger partial charge is 0.493 e. The van der Waals surface area contributed by atoms with Gasteiger partial charge in [0, 0.05) is 19.6 Å². The molecule has 1 saturated heterocycles. The van der Waals surface area contributed by atoms with Crippen LogP contribution in [0.4, 0.5) is 8.78 Å². The molecule has 0 aliphatic carbocycles. The van der Waals surface area contributed by atoms with E-state index in [4.69, 9.17) is 4.74 Å². The van der Waals surface area contributed by atoms with Crippen LogP contribution < -0.4 is 20.1 Å². The van der Waals surface area contributed by atoms with Gasteiger partial charge in [-0.2, -0.15) is 8.78 Å². The molecule has 1 aliphatic rings. The van der Waals surface area contributed by atoms with Gasteiger partial charge >= 0.3 is 6.61 Å². The minimum absolute atomic E-state index is 0. The van der Waals surface area contributed by atoms with Crippen molar-refractivity contribution in [3.05, 3.63) is 23.8 Å². The van der Waals surface area contributed by atoms with Crippen LogP contribution in [0.1, 0.15) is 12.0 Å². The summed E-state index contributed by atoms with van der Waals surface area (Å²) in [4.78, 5) is 4.04. The zero-order valence-electron chi connectivity index (χ0n) is 14.4. The summed E-state index contributed by atoms with van der Waals surface area (Å²) in [6.45, 7) is -2.65. The molecular formula is C15H22F2IN3O4S. The highest BCUT2D eigenvalue weighted by atomic mass is 127. The molecule has 1 aliphatic heterocycles. The predicted molar refractivity (Wildman–Crippen MR) is 105 cm³/mol. The highest BCUT2D eigenvalue weighted by Crippen LogP contribution is 2.29. The van der Waals surface area contributed by atoms with E-state index >= 15 is 0 Å². The lowest BCUT2D eigenvalue weighted by atomic mass is 10.2. The molecule has 2 N–H and O–H groups in total. The number of nitrogens with one attached hydrogen (secondary N) is 2. The maximum absolute atomic E-state index is 12.5. The van der Waals surface area contributed by atoms with E-state index in [9.17, 15) is 17.2 Å². The number of alkyl halides is 2. The Kier molecular flexibility index (Phi) is 8.80. The summed E-state index contributed by atoms with van der Waals surface area (Å²) in [5.41, 5.74) is 0.679. The maximum Gasteiger partial charge on any atom is 0.387 e. The molecule has 26 heavy (non-hydrogen) atoms. The first-order chi connectivity index (χ1) is 11.8. The third-order valence-corrected chi connectivity index (χ3v) is 5.47. The quantitative estimate of drug-likeness (QED) is 0.348. The molecule has 0 spiro atoms. The van der Waals surface area contributed by atoms with Crippen LogP contribution >= 0.6 is 24.0 Å². The number of benzene rings is 1. The lowest BCUT2D eigenvalue weighted by Crippen LogP contribution is -2.43. The van der Waals surface area contributed by atoms with Gasteiger partial charge in [0.05, 0.1) is 18.6 Å². The standard InChI is InChI=1S/C15H21F2N3O4S.HI/c1-18-15(20-11-5-6-25(21,22)9-11)19-8-10-3-4-12(23-2)13(7-10)24-14(16)17;/h3-4,7,11,14H,5-6,8-9H2,1-2H3,(H2,18,19,20);1H. The Morgan fingerprint density at radius 2 is 2.12 bits per heavy atom. The molecule has 0 radical (unpaired) electrons. The third-order valence-electron chi connectivity index (χ3n) is 3.70. The summed E-state index contributed by atoms with van der Waals surface area (Å²) in [5.74, 6) is 0.829. The number of ether oxygens (including phenoxy) is 2. The predicted octanol–water partition coefficient (Wildman–Crippen LogP) is 1.77. The molecule has 0 aromatic heterocycles. The number of methoxy groups -OCH3 is 1. The molecule has 1 aromatic carbocycles. The van der Waals surface area contributed by atoms with Crippen molar-refractivity contribution in [2.45, 2.75) is 25.6 Å². The van der Waals surface area contributed by atoms with Crippen LogP contribution in [-0.4, -0.2) is 52.7 Å². The molecule has 11 heteroatoms. The Bertz CT molecular complexity index is 732. The molecule has 148 valence electrons. The minimum atomic E-state index is -2.99. The fraction of sp³-hybridized carbons (Fsp3) is 0.533. The van der Waals surface area contributed by atoms with Crippen LogP contribution in [0.3, 0.4) is 0 Å². The molecule has 1 heterocycles. The Morgan fingerprint density at radius 1 is 1.38 bits per heavy atom. The summed E-state index contributed by atoms with van der Waals surface area (Å²) in [6, 6.07) is 4.50. The Morgan fingerprint density at radius 3 is 2.65 bits per heavy atom. The Labute approximate surface area is 168 Å². The van der Waals surface area contributed by atoms with Gasteiger partial charge in [-0.25, -0.2) is 8.42 Å². The summed E-state index contributed by atoms with van der Waals surface area (Å²) in [5, 5.41) is 6.06. The smallest absolute Gasteiger partial charge is 0.387 e. The van der Waals surface area contributed by atoms with Gasteiger partial charge in [0.2, 0.25) is 0 Å². The number of guanidine groups is 1. The molecule has 1 unspecified atom stereocenters. The van der Waals surface area contributed by atoms with Crippen LogP contribution in [-0.2, 0) is 16.4 Å². The molecule has 1 aromatic rings. The number of aliphatic imine (C=N–C) groups is 1. The van der Waals surface area contributed by atoms with E-state index < -0.39 is 16.4 Å². The number of sulfone groups is 1. The van der Waals surface area contributed by atoms with Gasteiger partial charge < -0.3 is 20.1 Å². The Hall–Kier alpha value is -1.37. The number of hydrogen-bond acceptors (Lipinski definition) is 5. The molecular weight excluding hydrogens is 483 g/mol. The second kappa shape index (κ2) is 10.1. The average molecular weight is 505 g/mol. The van der Waals surface area contributed by atoms with Crippen LogP contribution in [0.5, 0.6) is 11.5 Å². The van der Waals surface area contributed by atoms with Crippen molar-refractivity contribution in [2.24, 2.45) is 4.99 Å². The first kappa shape index (κ1) is 22.7. The van der Waals surface area contributed by atoms with Crippen molar-refractivity contribution < 1.29 is 26.7 Å². The zero-order valence-corrected chi connectivity index (χ0v) is 17.5. The summed E-state index contributed by atoms with van der Waals surface area (Å²) >= 11 is 0. The molecule has 1 atom stereocenters. The van der Waals surface area contributed by atoms with Crippen LogP contribution in [0.2, 0.25) is 0 Å². The van der Waals surface area contributed by atoms with Crippen LogP contribution in [0.25, 0.3) is 0 Å². The SMILES string of the molecule is CN=C(NCc1ccc(OC)c(OC(F)F)c1)NC1CCS(=O)(=O)C1.I. The van der Waals surface area contributed by atoms with Gasteiger partial charge in [-0.15, -0.1) is 24.0 Å². The van der Waals surface area contributed by atoms with Crippen molar-refractivity contribution in [1.82, 2.24) is 10.6 Å². The van der Waals surface area contributed by atoms with E-state index in [1.54, 1.807) is 13.1 Å². The van der Waals surface area contributed by atoms with Crippen molar-refractivity contribution in [2.75, 3.05) is 25.7 Å². The minimum Gasteiger partial charge on any atom is -0.493 e. The lowest BCUT2D eigenvalue weighted by Gasteiger charge is -2.17. The van der Waals surface area contributed by atoms with Crippen molar-refractivity contribution >= 4 is 39.8 Å². The highest BCUT2D eigenvalue weighted by molar-refractivity contribution is 14.0. The van der Waals surface area contributed by atoms with E-state index in [2.05, 4.69) is 20.4 Å². The topological polar surface area (TPSA) is 89.0 Å². The lowest BCUT2D eigenvalue weighted by molar-refractivity contribution is -0.0512. The summed E-state index contributed by atoms with van der Waals surface area (Å²) in [7, 11) is -0.0524. The molecule has 0 saturated carbocycles. The van der Waals surface area contributed by atoms with Crippen LogP contribution in [0.15, 0.2) is 23.2 Å². The van der Waals surface area contributed by atoms with E-state index in [1.165, 1.54) is 19.2 Å². The van der Waals surface area contributed by atoms with Gasteiger partial charge in [-0.3, -0.25) is 4.99 Å². The van der Waals surface area contributed by atoms with Gasteiger partial charge in [-0.1, -0.05) is 6.07 Å². The fourth-order valence-corrected chi connectivity index (χ4v) is 4.18. The van der Waals surface area contributed by atoms with Gasteiger partial charge in [0.1, 0.15) is 0 Å². The normalized spacial score (nSPS) is 19.0. The third kappa shape index (κ3) is 6.74. The second-order valence-electron chi connectivity index (χ2n) is 5.53. The highest BCUT2D eigenvalue weighted by Gasteiger charge is 2.28. The monoisotopic (exact) mass is 505 g/mol. The first-order valence-electron chi connectivity index (χ1n) is 7.62. The van der Waals surface area contributed by atoms with E-state index in [0.29, 0.717) is 24.5 Å². The summed E-state index contributed by atoms with van der Waals surface area (Å²) < 4.78 is 57.3. The number of halogens is 3. The van der Waals surface area contributed by atoms with Gasteiger partial charge in [-0.05, 0) is 24.1 Å².